The van der Waals surface area contributed by atoms with Crippen LogP contribution in [0.15, 0.2) is 48.5 Å². The van der Waals surface area contributed by atoms with Crippen molar-refractivity contribution in [2.24, 2.45) is 0 Å². The fourth-order valence-corrected chi connectivity index (χ4v) is 3.80. The molecule has 2 rings (SSSR count). The fourth-order valence-electron chi connectivity index (χ4n) is 3.80. The fraction of sp³-hybridized carbons (Fsp3) is 0.613. The van der Waals surface area contributed by atoms with Crippen LogP contribution in [-0.4, -0.2) is 66.1 Å². The van der Waals surface area contributed by atoms with Crippen molar-refractivity contribution in [3.8, 4) is 11.5 Å². The van der Waals surface area contributed by atoms with Gasteiger partial charge in [-0.25, -0.2) is 0 Å². The van der Waals surface area contributed by atoms with E-state index in [1.54, 1.807) is 0 Å². The maximum Gasteiger partial charge on any atom is 0.119 e. The number of aryl methyl sites for hydroxylation is 1. The van der Waals surface area contributed by atoms with E-state index in [1.165, 1.54) is 50.5 Å². The second-order valence-electron chi connectivity index (χ2n) is 9.23. The van der Waals surface area contributed by atoms with Gasteiger partial charge in [0.05, 0.1) is 52.9 Å². The second kappa shape index (κ2) is 22.6. The van der Waals surface area contributed by atoms with Gasteiger partial charge in [-0.05, 0) is 54.8 Å². The Kier molecular flexibility index (Phi) is 19.0. The Labute approximate surface area is 229 Å². The number of anilines is 1. The zero-order valence-electron chi connectivity index (χ0n) is 23.4. The predicted molar refractivity (Wildman–Crippen MR) is 153 cm³/mol. The maximum atomic E-state index is 5.77. The third kappa shape index (κ3) is 17.2. The van der Waals surface area contributed by atoms with E-state index < -0.39 is 0 Å². The number of ether oxygens (including phenoxy) is 6. The van der Waals surface area contributed by atoms with Gasteiger partial charge in [0.25, 0.3) is 0 Å². The summed E-state index contributed by atoms with van der Waals surface area (Å²) in [6.45, 7) is 7.53. The molecule has 0 radical (unpaired) electrons. The standard InChI is InChI=1S/C31H49NO6/c1-2-3-4-5-6-7-8-9-28-10-14-30(15-11-28)37-26-24-35-22-20-33-18-19-34-21-23-36-25-27-38-31-16-12-29(32)13-17-31/h10-17H,2-9,18-27,32H2,1H3. The molecular formula is C31H49NO6. The van der Waals surface area contributed by atoms with Crippen LogP contribution in [0.1, 0.15) is 57.4 Å². The van der Waals surface area contributed by atoms with Gasteiger partial charge in [0, 0.05) is 5.69 Å². The zero-order chi connectivity index (χ0) is 26.9. The van der Waals surface area contributed by atoms with Crippen molar-refractivity contribution < 1.29 is 28.4 Å². The number of hydrogen-bond donors (Lipinski definition) is 1. The quantitative estimate of drug-likeness (QED) is 0.123. The molecule has 0 atom stereocenters. The molecule has 0 saturated heterocycles. The maximum absolute atomic E-state index is 5.77. The van der Waals surface area contributed by atoms with Crippen molar-refractivity contribution in [2.45, 2.75) is 58.3 Å². The Morgan fingerprint density at radius 3 is 1.34 bits per heavy atom. The summed E-state index contributed by atoms with van der Waals surface area (Å²) in [6.07, 6.45) is 10.6. The summed E-state index contributed by atoms with van der Waals surface area (Å²) in [5, 5.41) is 0. The van der Waals surface area contributed by atoms with E-state index in [-0.39, 0.29) is 0 Å². The van der Waals surface area contributed by atoms with Gasteiger partial charge in [-0.1, -0.05) is 57.6 Å². The molecule has 38 heavy (non-hydrogen) atoms. The first-order valence-corrected chi connectivity index (χ1v) is 14.3. The lowest BCUT2D eigenvalue weighted by Gasteiger charge is -2.09. The average molecular weight is 532 g/mol. The van der Waals surface area contributed by atoms with Crippen LogP contribution in [0.5, 0.6) is 11.5 Å². The van der Waals surface area contributed by atoms with Gasteiger partial charge in [0.1, 0.15) is 24.7 Å². The lowest BCUT2D eigenvalue weighted by Crippen LogP contribution is -2.14. The molecule has 0 aromatic heterocycles. The van der Waals surface area contributed by atoms with Crippen LogP contribution >= 0.6 is 0 Å². The van der Waals surface area contributed by atoms with Crippen molar-refractivity contribution in [2.75, 3.05) is 71.8 Å². The zero-order valence-corrected chi connectivity index (χ0v) is 23.4. The number of nitrogen functional groups attached to an aromatic ring is 1. The molecular weight excluding hydrogens is 482 g/mol. The topological polar surface area (TPSA) is 81.4 Å². The van der Waals surface area contributed by atoms with Gasteiger partial charge in [0.2, 0.25) is 0 Å². The van der Waals surface area contributed by atoms with E-state index in [0.29, 0.717) is 66.1 Å². The summed E-state index contributed by atoms with van der Waals surface area (Å²) in [4.78, 5) is 0. The summed E-state index contributed by atoms with van der Waals surface area (Å²) < 4.78 is 33.4. The first-order chi connectivity index (χ1) is 18.8. The Bertz CT molecular complexity index is 784. The third-order valence-corrected chi connectivity index (χ3v) is 5.98. The minimum Gasteiger partial charge on any atom is -0.491 e. The highest BCUT2D eigenvalue weighted by Gasteiger charge is 1.99. The monoisotopic (exact) mass is 531 g/mol. The molecule has 0 spiro atoms. The van der Waals surface area contributed by atoms with Crippen LogP contribution in [0.25, 0.3) is 0 Å². The van der Waals surface area contributed by atoms with Crippen LogP contribution in [-0.2, 0) is 25.4 Å². The molecule has 0 bridgehead atoms. The normalized spacial score (nSPS) is 11.1. The van der Waals surface area contributed by atoms with Gasteiger partial charge < -0.3 is 34.2 Å². The number of nitrogens with two attached hydrogens (primary N) is 1. The summed E-state index contributed by atoms with van der Waals surface area (Å²) in [5.74, 6) is 1.68. The molecule has 0 aliphatic heterocycles. The Hall–Kier alpha value is -2.32. The Balaban J connectivity index is 1.29. The molecule has 0 amide bonds. The molecule has 0 saturated carbocycles. The first kappa shape index (κ1) is 31.9. The van der Waals surface area contributed by atoms with Gasteiger partial charge in [-0.3, -0.25) is 0 Å². The lowest BCUT2D eigenvalue weighted by atomic mass is 10.0. The number of rotatable bonds is 25. The Morgan fingerprint density at radius 1 is 0.474 bits per heavy atom. The SMILES string of the molecule is CCCCCCCCCc1ccc(OCCOCCOCCOCCOCCOc2ccc(N)cc2)cc1. The van der Waals surface area contributed by atoms with Crippen LogP contribution < -0.4 is 15.2 Å². The van der Waals surface area contributed by atoms with E-state index in [9.17, 15) is 0 Å². The third-order valence-electron chi connectivity index (χ3n) is 5.98. The molecule has 2 aromatic carbocycles. The number of benzene rings is 2. The van der Waals surface area contributed by atoms with Crippen LogP contribution in [0, 0.1) is 0 Å². The summed E-state index contributed by atoms with van der Waals surface area (Å²) in [5.41, 5.74) is 7.75. The van der Waals surface area contributed by atoms with Gasteiger partial charge in [-0.15, -0.1) is 0 Å². The second-order valence-corrected chi connectivity index (χ2v) is 9.23. The Morgan fingerprint density at radius 2 is 0.868 bits per heavy atom. The smallest absolute Gasteiger partial charge is 0.119 e. The van der Waals surface area contributed by atoms with Crippen LogP contribution in [0.3, 0.4) is 0 Å². The van der Waals surface area contributed by atoms with E-state index in [2.05, 4.69) is 31.2 Å². The summed E-state index contributed by atoms with van der Waals surface area (Å²) in [7, 11) is 0. The van der Waals surface area contributed by atoms with Crippen molar-refractivity contribution in [3.05, 3.63) is 54.1 Å². The number of unbranched alkanes of at least 4 members (excludes halogenated alkanes) is 6. The minimum absolute atomic E-state index is 0.490. The molecule has 0 fully saturated rings. The van der Waals surface area contributed by atoms with E-state index >= 15 is 0 Å². The molecule has 0 aliphatic rings. The lowest BCUT2D eigenvalue weighted by molar-refractivity contribution is -0.00698. The molecule has 7 nitrogen and oxygen atoms in total. The molecule has 214 valence electrons. The number of hydrogen-bond acceptors (Lipinski definition) is 7. The summed E-state index contributed by atoms with van der Waals surface area (Å²) >= 11 is 0. The first-order valence-electron chi connectivity index (χ1n) is 14.3. The van der Waals surface area contributed by atoms with Gasteiger partial charge in [0.15, 0.2) is 0 Å². The van der Waals surface area contributed by atoms with E-state index in [4.69, 9.17) is 34.2 Å². The largest absolute Gasteiger partial charge is 0.491 e. The summed E-state index contributed by atoms with van der Waals surface area (Å²) in [6, 6.07) is 15.8. The highest BCUT2D eigenvalue weighted by atomic mass is 16.6. The highest BCUT2D eigenvalue weighted by Crippen LogP contribution is 2.15. The van der Waals surface area contributed by atoms with Crippen LogP contribution in [0.4, 0.5) is 5.69 Å². The van der Waals surface area contributed by atoms with Crippen molar-refractivity contribution in [1.82, 2.24) is 0 Å². The van der Waals surface area contributed by atoms with Gasteiger partial charge >= 0.3 is 0 Å². The molecule has 0 aliphatic carbocycles. The van der Waals surface area contributed by atoms with Crippen molar-refractivity contribution in [3.63, 3.8) is 0 Å². The van der Waals surface area contributed by atoms with E-state index in [0.717, 1.165) is 23.6 Å². The minimum atomic E-state index is 0.490. The highest BCUT2D eigenvalue weighted by molar-refractivity contribution is 5.41. The molecule has 7 heteroatoms. The molecule has 0 unspecified atom stereocenters. The van der Waals surface area contributed by atoms with Gasteiger partial charge in [-0.2, -0.15) is 0 Å². The molecule has 2 N–H and O–H groups in total. The van der Waals surface area contributed by atoms with Crippen LogP contribution in [0.2, 0.25) is 0 Å². The predicted octanol–water partition coefficient (Wildman–Crippen LogP) is 6.09. The van der Waals surface area contributed by atoms with E-state index in [1.807, 2.05) is 24.3 Å². The average Bonchev–Trinajstić information content (AvgIpc) is 2.94. The molecule has 2 aromatic rings. The van der Waals surface area contributed by atoms with Crippen molar-refractivity contribution in [1.29, 1.82) is 0 Å². The molecule has 0 heterocycles. The van der Waals surface area contributed by atoms with Crippen molar-refractivity contribution >= 4 is 5.69 Å².